The van der Waals surface area contributed by atoms with Crippen molar-refractivity contribution in [1.82, 2.24) is 20.4 Å². The number of unbranched alkanes of at least 4 members (excludes halogenated alkanes) is 1. The minimum Gasteiger partial charge on any atom is -0.358 e. The largest absolute Gasteiger partial charge is 0.358 e. The van der Waals surface area contributed by atoms with Crippen LogP contribution in [0.5, 0.6) is 0 Å². The molecule has 2 aliphatic heterocycles. The smallest absolute Gasteiger partial charge is 0.237 e. The van der Waals surface area contributed by atoms with Gasteiger partial charge in [-0.3, -0.25) is 19.4 Å². The van der Waals surface area contributed by atoms with E-state index in [2.05, 4.69) is 27.4 Å². The van der Waals surface area contributed by atoms with E-state index in [1.807, 2.05) is 14.1 Å². The standard InChI is InChI=1S/C10H20N2O.C7H14N2O/c1-3-4-7-11-10(13)9-6-5-8-12(9)2;1-8-7(10)6-4-3-5-9(6)2/h9H,3-8H2,1-2H3,(H,11,13);6H,3-5H2,1-2H3,(H,8,10)/t9-;6-/m00/s1. The average molecular weight is 326 g/mol. The SMILES string of the molecule is CCCCNC(=O)[C@@H]1CCCN1C.CNC(=O)[C@@H]1CCCN1C. The second kappa shape index (κ2) is 10.6. The molecule has 6 heteroatoms. The van der Waals surface area contributed by atoms with E-state index in [0.29, 0.717) is 0 Å². The second-order valence-corrected chi connectivity index (χ2v) is 6.54. The maximum absolute atomic E-state index is 11.6. The van der Waals surface area contributed by atoms with Crippen LogP contribution in [0.1, 0.15) is 45.4 Å². The zero-order chi connectivity index (χ0) is 17.2. The monoisotopic (exact) mass is 326 g/mol. The van der Waals surface area contributed by atoms with Crippen LogP contribution in [-0.2, 0) is 9.59 Å². The molecule has 0 aromatic heterocycles. The number of nitrogens with zero attached hydrogens (tertiary/aromatic N) is 2. The van der Waals surface area contributed by atoms with E-state index in [1.165, 1.54) is 0 Å². The van der Waals surface area contributed by atoms with Gasteiger partial charge in [0.2, 0.25) is 11.8 Å². The fourth-order valence-corrected chi connectivity index (χ4v) is 3.16. The quantitative estimate of drug-likeness (QED) is 0.734. The van der Waals surface area contributed by atoms with Crippen molar-refractivity contribution in [2.24, 2.45) is 0 Å². The molecular weight excluding hydrogens is 292 g/mol. The number of carbonyl (C=O) groups is 2. The van der Waals surface area contributed by atoms with Crippen molar-refractivity contribution in [1.29, 1.82) is 0 Å². The Bertz CT molecular complexity index is 376. The molecule has 0 saturated carbocycles. The Kier molecular flexibility index (Phi) is 9.17. The number of rotatable bonds is 5. The highest BCUT2D eigenvalue weighted by atomic mass is 16.2. The van der Waals surface area contributed by atoms with Crippen molar-refractivity contribution in [3.8, 4) is 0 Å². The van der Waals surface area contributed by atoms with Crippen LogP contribution < -0.4 is 10.6 Å². The zero-order valence-corrected chi connectivity index (χ0v) is 15.2. The molecule has 2 N–H and O–H groups in total. The highest BCUT2D eigenvalue weighted by Crippen LogP contribution is 2.14. The van der Waals surface area contributed by atoms with E-state index in [4.69, 9.17) is 0 Å². The lowest BCUT2D eigenvalue weighted by molar-refractivity contribution is -0.125. The van der Waals surface area contributed by atoms with Gasteiger partial charge in [-0.1, -0.05) is 13.3 Å². The number of hydrogen-bond donors (Lipinski definition) is 2. The molecule has 23 heavy (non-hydrogen) atoms. The van der Waals surface area contributed by atoms with E-state index in [9.17, 15) is 9.59 Å². The van der Waals surface area contributed by atoms with E-state index in [1.54, 1.807) is 7.05 Å². The van der Waals surface area contributed by atoms with E-state index in [-0.39, 0.29) is 23.9 Å². The number of amides is 2. The molecule has 2 rings (SSSR count). The summed E-state index contributed by atoms with van der Waals surface area (Å²) in [5, 5.41) is 5.63. The lowest BCUT2D eigenvalue weighted by atomic mass is 10.2. The minimum atomic E-state index is 0.130. The van der Waals surface area contributed by atoms with Crippen molar-refractivity contribution in [2.45, 2.75) is 57.5 Å². The third-order valence-electron chi connectivity index (χ3n) is 4.72. The lowest BCUT2D eigenvalue weighted by Gasteiger charge is -2.18. The van der Waals surface area contributed by atoms with Gasteiger partial charge in [0.1, 0.15) is 0 Å². The number of carbonyl (C=O) groups excluding carboxylic acids is 2. The third kappa shape index (κ3) is 6.47. The van der Waals surface area contributed by atoms with Crippen LogP contribution in [-0.4, -0.2) is 74.5 Å². The molecule has 134 valence electrons. The van der Waals surface area contributed by atoms with Gasteiger partial charge in [0.05, 0.1) is 12.1 Å². The Morgan fingerprint density at radius 2 is 1.52 bits per heavy atom. The molecule has 0 aliphatic carbocycles. The highest BCUT2D eigenvalue weighted by Gasteiger charge is 2.27. The molecule has 2 aliphatic rings. The normalized spacial score (nSPS) is 24.9. The van der Waals surface area contributed by atoms with Crippen LogP contribution >= 0.6 is 0 Å². The molecule has 2 amide bonds. The van der Waals surface area contributed by atoms with Gasteiger partial charge in [0, 0.05) is 13.6 Å². The fourth-order valence-electron chi connectivity index (χ4n) is 3.16. The van der Waals surface area contributed by atoms with Gasteiger partial charge in [-0.2, -0.15) is 0 Å². The summed E-state index contributed by atoms with van der Waals surface area (Å²) in [5.74, 6) is 0.369. The van der Waals surface area contributed by atoms with Crippen LogP contribution in [0.25, 0.3) is 0 Å². The summed E-state index contributed by atoms with van der Waals surface area (Å²) in [6, 6.07) is 0.266. The predicted octanol–water partition coefficient (Wildman–Crippen LogP) is 0.824. The van der Waals surface area contributed by atoms with Gasteiger partial charge in [0.15, 0.2) is 0 Å². The number of likely N-dealkylation sites (tertiary alicyclic amines) is 2. The van der Waals surface area contributed by atoms with Crippen molar-refractivity contribution >= 4 is 11.8 Å². The van der Waals surface area contributed by atoms with Crippen LogP contribution in [0, 0.1) is 0 Å². The average Bonchev–Trinajstić information content (AvgIpc) is 3.15. The third-order valence-corrected chi connectivity index (χ3v) is 4.72. The molecule has 0 unspecified atom stereocenters. The van der Waals surface area contributed by atoms with Crippen molar-refractivity contribution in [3.05, 3.63) is 0 Å². The van der Waals surface area contributed by atoms with Gasteiger partial charge >= 0.3 is 0 Å². The maximum atomic E-state index is 11.6. The van der Waals surface area contributed by atoms with Gasteiger partial charge < -0.3 is 10.6 Å². The first-order valence-corrected chi connectivity index (χ1v) is 8.91. The molecule has 0 aromatic carbocycles. The minimum absolute atomic E-state index is 0.130. The predicted molar refractivity (Wildman–Crippen MR) is 93.3 cm³/mol. The first-order valence-electron chi connectivity index (χ1n) is 8.91. The molecular formula is C17H34N4O2. The second-order valence-electron chi connectivity index (χ2n) is 6.54. The summed E-state index contributed by atoms with van der Waals surface area (Å²) in [7, 11) is 5.71. The summed E-state index contributed by atoms with van der Waals surface area (Å²) < 4.78 is 0. The molecule has 0 spiro atoms. The lowest BCUT2D eigenvalue weighted by Crippen LogP contribution is -2.41. The maximum Gasteiger partial charge on any atom is 0.237 e. The molecule has 0 radical (unpaired) electrons. The van der Waals surface area contributed by atoms with Gasteiger partial charge in [-0.25, -0.2) is 0 Å². The topological polar surface area (TPSA) is 64.7 Å². The van der Waals surface area contributed by atoms with E-state index < -0.39 is 0 Å². The van der Waals surface area contributed by atoms with Crippen molar-refractivity contribution in [2.75, 3.05) is 40.8 Å². The molecule has 6 nitrogen and oxygen atoms in total. The molecule has 2 fully saturated rings. The summed E-state index contributed by atoms with van der Waals surface area (Å²) in [6.45, 7) is 5.08. The van der Waals surface area contributed by atoms with Crippen molar-refractivity contribution < 1.29 is 9.59 Å². The Morgan fingerprint density at radius 3 is 1.91 bits per heavy atom. The van der Waals surface area contributed by atoms with Gasteiger partial charge in [0.25, 0.3) is 0 Å². The molecule has 0 aromatic rings. The summed E-state index contributed by atoms with van der Waals surface area (Å²) in [5.41, 5.74) is 0. The highest BCUT2D eigenvalue weighted by molar-refractivity contribution is 5.82. The molecule has 0 bridgehead atoms. The fraction of sp³-hybridized carbons (Fsp3) is 0.882. The van der Waals surface area contributed by atoms with Crippen LogP contribution in [0.2, 0.25) is 0 Å². The Balaban J connectivity index is 0.000000238. The first kappa shape index (κ1) is 19.9. The Hall–Kier alpha value is -1.14. The van der Waals surface area contributed by atoms with Crippen molar-refractivity contribution in [3.63, 3.8) is 0 Å². The number of nitrogens with one attached hydrogen (secondary N) is 2. The van der Waals surface area contributed by atoms with Gasteiger partial charge in [-0.05, 0) is 59.3 Å². The van der Waals surface area contributed by atoms with E-state index >= 15 is 0 Å². The van der Waals surface area contributed by atoms with Crippen LogP contribution in [0.4, 0.5) is 0 Å². The molecule has 2 heterocycles. The zero-order valence-electron chi connectivity index (χ0n) is 15.2. The van der Waals surface area contributed by atoms with Crippen LogP contribution in [0.3, 0.4) is 0 Å². The van der Waals surface area contributed by atoms with Gasteiger partial charge in [-0.15, -0.1) is 0 Å². The number of hydrogen-bond acceptors (Lipinski definition) is 4. The summed E-state index contributed by atoms with van der Waals surface area (Å²) >= 11 is 0. The Labute approximate surface area is 141 Å². The van der Waals surface area contributed by atoms with E-state index in [0.717, 1.165) is 58.2 Å². The molecule has 2 saturated heterocycles. The molecule has 2 atom stereocenters. The first-order chi connectivity index (χ1) is 11.0. The number of likely N-dealkylation sites (N-methyl/N-ethyl adjacent to an activating group) is 3. The summed E-state index contributed by atoms with van der Waals surface area (Å²) in [6.07, 6.45) is 6.56. The Morgan fingerprint density at radius 1 is 1.00 bits per heavy atom. The van der Waals surface area contributed by atoms with Crippen LogP contribution in [0.15, 0.2) is 0 Å². The summed E-state index contributed by atoms with van der Waals surface area (Å²) in [4.78, 5) is 26.9.